The number of rotatable bonds is 4. The Morgan fingerprint density at radius 3 is 2.57 bits per heavy atom. The van der Waals surface area contributed by atoms with Gasteiger partial charge in [-0.3, -0.25) is 14.5 Å². The van der Waals surface area contributed by atoms with Crippen LogP contribution in [0.1, 0.15) is 18.8 Å². The van der Waals surface area contributed by atoms with E-state index in [1.165, 1.54) is 10.8 Å². The highest BCUT2D eigenvalue weighted by atomic mass is 35.5. The highest BCUT2D eigenvalue weighted by Gasteiger charge is 2.22. The largest absolute Gasteiger partial charge is 0.382 e. The Morgan fingerprint density at radius 1 is 1.13 bits per heavy atom. The molecular weight excluding hydrogens is 453 g/mol. The van der Waals surface area contributed by atoms with E-state index in [2.05, 4.69) is 30.5 Å². The molecule has 0 aliphatic rings. The van der Waals surface area contributed by atoms with Crippen molar-refractivity contribution in [3.05, 3.63) is 55.8 Å². The molecule has 0 spiro atoms. The third-order valence-corrected chi connectivity index (χ3v) is 5.32. The molecule has 0 aliphatic heterocycles. The molecule has 3 heterocycles. The van der Waals surface area contributed by atoms with Gasteiger partial charge in [0.25, 0.3) is 5.56 Å². The molecule has 0 aliphatic carbocycles. The Morgan fingerprint density at radius 2 is 1.87 bits per heavy atom. The molecule has 0 saturated heterocycles. The Bertz CT molecular complexity index is 1320. The SMILES string of the molecule is C[C@H](Nc1nc(N)nc(N)c1Cl)c1nc2c(Cl)ccc(Cl)c2c(=O)n1-c1cn[nH]c1. The Balaban J connectivity index is 1.95. The Kier molecular flexibility index (Phi) is 5.14. The van der Waals surface area contributed by atoms with Crippen molar-refractivity contribution < 1.29 is 0 Å². The lowest BCUT2D eigenvalue weighted by Crippen LogP contribution is -2.27. The maximum atomic E-state index is 13.4. The number of halogens is 3. The normalized spacial score (nSPS) is 12.3. The first kappa shape index (κ1) is 20.2. The number of nitrogens with one attached hydrogen (secondary N) is 2. The van der Waals surface area contributed by atoms with Gasteiger partial charge in [-0.1, -0.05) is 34.8 Å². The summed E-state index contributed by atoms with van der Waals surface area (Å²) in [6, 6.07) is 2.53. The van der Waals surface area contributed by atoms with Crippen molar-refractivity contribution in [1.29, 1.82) is 0 Å². The minimum absolute atomic E-state index is 0.0207. The fourth-order valence-corrected chi connectivity index (χ4v) is 3.56. The van der Waals surface area contributed by atoms with Gasteiger partial charge in [0.1, 0.15) is 16.7 Å². The zero-order valence-corrected chi connectivity index (χ0v) is 17.6. The number of H-pyrrole nitrogens is 1. The van der Waals surface area contributed by atoms with Crippen molar-refractivity contribution in [3.8, 4) is 5.69 Å². The first-order valence-electron chi connectivity index (χ1n) is 8.52. The van der Waals surface area contributed by atoms with Gasteiger partial charge in [-0.05, 0) is 19.1 Å². The average molecular weight is 467 g/mol. The number of fused-ring (bicyclic) bond motifs is 1. The van der Waals surface area contributed by atoms with Crippen molar-refractivity contribution in [2.45, 2.75) is 13.0 Å². The van der Waals surface area contributed by atoms with Gasteiger partial charge < -0.3 is 16.8 Å². The Labute approximate surface area is 184 Å². The highest BCUT2D eigenvalue weighted by molar-refractivity contribution is 6.39. The summed E-state index contributed by atoms with van der Waals surface area (Å²) in [7, 11) is 0. The van der Waals surface area contributed by atoms with E-state index in [4.69, 9.17) is 46.3 Å². The molecule has 0 unspecified atom stereocenters. The number of hydrogen-bond acceptors (Lipinski definition) is 8. The molecule has 1 atom stereocenters. The minimum atomic E-state index is -0.585. The van der Waals surface area contributed by atoms with Crippen LogP contribution in [0.2, 0.25) is 15.1 Å². The molecule has 0 amide bonds. The lowest BCUT2D eigenvalue weighted by atomic mass is 10.2. The number of hydrogen-bond donors (Lipinski definition) is 4. The van der Waals surface area contributed by atoms with Crippen molar-refractivity contribution in [1.82, 2.24) is 29.7 Å². The molecule has 30 heavy (non-hydrogen) atoms. The first-order chi connectivity index (χ1) is 14.3. The van der Waals surface area contributed by atoms with E-state index in [1.54, 1.807) is 25.3 Å². The monoisotopic (exact) mass is 465 g/mol. The molecule has 0 fully saturated rings. The van der Waals surface area contributed by atoms with E-state index in [-0.39, 0.29) is 43.6 Å². The zero-order chi connectivity index (χ0) is 21.6. The second-order valence-corrected chi connectivity index (χ2v) is 7.51. The van der Waals surface area contributed by atoms with Gasteiger partial charge in [-0.2, -0.15) is 15.1 Å². The van der Waals surface area contributed by atoms with Crippen molar-refractivity contribution >= 4 is 63.3 Å². The fourth-order valence-electron chi connectivity index (χ4n) is 2.99. The molecule has 6 N–H and O–H groups in total. The van der Waals surface area contributed by atoms with E-state index >= 15 is 0 Å². The van der Waals surface area contributed by atoms with Crippen LogP contribution in [-0.2, 0) is 0 Å². The second-order valence-electron chi connectivity index (χ2n) is 6.32. The van der Waals surface area contributed by atoms with Crippen LogP contribution in [0.3, 0.4) is 0 Å². The van der Waals surface area contributed by atoms with Crippen molar-refractivity contribution in [3.63, 3.8) is 0 Å². The van der Waals surface area contributed by atoms with Crippen LogP contribution in [0, 0.1) is 0 Å². The smallest absolute Gasteiger partial charge is 0.267 e. The van der Waals surface area contributed by atoms with Gasteiger partial charge in [0.05, 0.1) is 38.9 Å². The van der Waals surface area contributed by atoms with E-state index in [0.717, 1.165) is 0 Å². The number of nitrogen functional groups attached to an aromatic ring is 2. The molecule has 0 saturated carbocycles. The van der Waals surface area contributed by atoms with Gasteiger partial charge in [0.2, 0.25) is 5.95 Å². The minimum Gasteiger partial charge on any atom is -0.382 e. The quantitative estimate of drug-likeness (QED) is 0.357. The van der Waals surface area contributed by atoms with E-state index in [1.807, 2.05) is 0 Å². The average Bonchev–Trinajstić information content (AvgIpc) is 3.22. The summed E-state index contributed by atoms with van der Waals surface area (Å²) in [5, 5.41) is 10.5. The van der Waals surface area contributed by atoms with E-state index < -0.39 is 11.6 Å². The number of aromatic nitrogens is 6. The molecular formula is C17H14Cl3N9O. The molecule has 4 rings (SSSR count). The summed E-state index contributed by atoms with van der Waals surface area (Å²) in [5.74, 6) is 0.469. The molecule has 4 aromatic rings. The van der Waals surface area contributed by atoms with Crippen molar-refractivity contribution in [2.75, 3.05) is 16.8 Å². The predicted octanol–water partition coefficient (Wildman–Crippen LogP) is 3.20. The number of anilines is 3. The van der Waals surface area contributed by atoms with E-state index in [9.17, 15) is 4.79 Å². The van der Waals surface area contributed by atoms with Crippen molar-refractivity contribution in [2.24, 2.45) is 0 Å². The van der Waals surface area contributed by atoms with Crippen LogP contribution >= 0.6 is 34.8 Å². The standard InChI is InChI=1S/C17H14Cl3N9O/c1-6(25-14-11(20)13(21)27-17(22)28-14)15-26-12-9(19)3-2-8(18)10(12)16(30)29(15)7-4-23-24-5-7/h2-6H,1H3,(H,23,24)(H5,21,22,25,27,28)/t6-/m0/s1. The summed E-state index contributed by atoms with van der Waals surface area (Å²) >= 11 is 18.8. The number of nitrogens with zero attached hydrogens (tertiary/aromatic N) is 5. The van der Waals surface area contributed by atoms with Gasteiger partial charge in [-0.25, -0.2) is 4.98 Å². The summed E-state index contributed by atoms with van der Waals surface area (Å²) in [5.41, 5.74) is 11.7. The van der Waals surface area contributed by atoms with Gasteiger partial charge in [0.15, 0.2) is 5.82 Å². The lowest BCUT2D eigenvalue weighted by molar-refractivity contribution is 0.731. The third kappa shape index (κ3) is 3.38. The molecule has 10 nitrogen and oxygen atoms in total. The predicted molar refractivity (Wildman–Crippen MR) is 117 cm³/mol. The highest BCUT2D eigenvalue weighted by Crippen LogP contribution is 2.31. The molecule has 13 heteroatoms. The van der Waals surface area contributed by atoms with Gasteiger partial charge in [-0.15, -0.1) is 0 Å². The van der Waals surface area contributed by atoms with E-state index in [0.29, 0.717) is 11.5 Å². The lowest BCUT2D eigenvalue weighted by Gasteiger charge is -2.20. The molecule has 3 aromatic heterocycles. The topological polar surface area (TPSA) is 153 Å². The zero-order valence-electron chi connectivity index (χ0n) is 15.3. The summed E-state index contributed by atoms with van der Waals surface area (Å²) in [6.07, 6.45) is 3.04. The second kappa shape index (κ2) is 7.63. The molecule has 0 radical (unpaired) electrons. The maximum absolute atomic E-state index is 13.4. The van der Waals surface area contributed by atoms with Crippen LogP contribution in [0.4, 0.5) is 17.6 Å². The Hall–Kier alpha value is -3.08. The summed E-state index contributed by atoms with van der Waals surface area (Å²) in [6.45, 7) is 1.76. The summed E-state index contributed by atoms with van der Waals surface area (Å²) < 4.78 is 1.37. The van der Waals surface area contributed by atoms with Crippen LogP contribution in [0.25, 0.3) is 16.6 Å². The van der Waals surface area contributed by atoms with Crippen LogP contribution in [0.5, 0.6) is 0 Å². The van der Waals surface area contributed by atoms with Gasteiger partial charge >= 0.3 is 0 Å². The molecule has 0 bridgehead atoms. The van der Waals surface area contributed by atoms with Gasteiger partial charge in [0, 0.05) is 6.20 Å². The number of benzene rings is 1. The van der Waals surface area contributed by atoms with Crippen LogP contribution in [-0.4, -0.2) is 29.7 Å². The number of nitrogens with two attached hydrogens (primary N) is 2. The fraction of sp³-hybridized carbons (Fsp3) is 0.118. The van der Waals surface area contributed by atoms with Crippen LogP contribution in [0.15, 0.2) is 29.3 Å². The number of aromatic amines is 1. The maximum Gasteiger partial charge on any atom is 0.267 e. The molecule has 154 valence electrons. The first-order valence-corrected chi connectivity index (χ1v) is 9.66. The molecule has 1 aromatic carbocycles. The third-order valence-electron chi connectivity index (χ3n) is 4.33. The van der Waals surface area contributed by atoms with Crippen LogP contribution < -0.4 is 22.3 Å². The summed E-state index contributed by atoms with van der Waals surface area (Å²) in [4.78, 5) is 25.9.